The molecule has 2 nitrogen and oxygen atoms in total. The summed E-state index contributed by atoms with van der Waals surface area (Å²) in [6.07, 6.45) is 0. The summed E-state index contributed by atoms with van der Waals surface area (Å²) in [7, 11) is 3.44. The molecule has 0 aliphatic heterocycles. The minimum Gasteiger partial charge on any atom is -0.529 e. The van der Waals surface area contributed by atoms with E-state index in [1.807, 2.05) is 0 Å². The molecule has 0 N–H and O–H groups in total. The lowest BCUT2D eigenvalue weighted by atomic mass is 10.9. The lowest BCUT2D eigenvalue weighted by Gasteiger charge is -1.82. The van der Waals surface area contributed by atoms with Crippen molar-refractivity contribution in [3.63, 3.8) is 0 Å². The second kappa shape index (κ2) is 11.2. The SMILES string of the molecule is CC(=O)O[SiH3].C[SiH2][SiH2][SiH3]. The zero-order chi connectivity index (χ0) is 7.70. The molecule has 0 saturated carbocycles. The Labute approximate surface area is 66.9 Å². The van der Waals surface area contributed by atoms with E-state index in [-0.39, 0.29) is 5.97 Å². The summed E-state index contributed by atoms with van der Waals surface area (Å²) in [5, 5.41) is 0. The van der Waals surface area contributed by atoms with Crippen molar-refractivity contribution < 1.29 is 9.22 Å². The molecular formula is C3H16O2Si4. The lowest BCUT2D eigenvalue weighted by molar-refractivity contribution is -0.131. The summed E-state index contributed by atoms with van der Waals surface area (Å²) in [6, 6.07) is 0. The summed E-state index contributed by atoms with van der Waals surface area (Å²) in [4.78, 5) is 9.62. The predicted molar refractivity (Wildman–Crippen MR) is 54.6 cm³/mol. The van der Waals surface area contributed by atoms with Crippen molar-refractivity contribution >= 4 is 43.8 Å². The minimum atomic E-state index is -0.184. The molecule has 9 heavy (non-hydrogen) atoms. The third-order valence-corrected chi connectivity index (χ3v) is 14.4. The van der Waals surface area contributed by atoms with Gasteiger partial charge in [-0.1, -0.05) is 6.55 Å². The van der Waals surface area contributed by atoms with Gasteiger partial charge < -0.3 is 4.43 Å². The molecule has 0 saturated heterocycles. The molecule has 0 radical (unpaired) electrons. The fraction of sp³-hybridized carbons (Fsp3) is 0.667. The van der Waals surface area contributed by atoms with Crippen LogP contribution in [0.4, 0.5) is 0 Å². The van der Waals surface area contributed by atoms with Crippen molar-refractivity contribution in [1.29, 1.82) is 0 Å². The van der Waals surface area contributed by atoms with Gasteiger partial charge in [0.1, 0.15) is 0 Å². The molecule has 0 aromatic rings. The standard InChI is InChI=1S/C2H6O2Si.CH10Si3/c1-2(3)4-5;1-3-4-2/h1,5H3;3-4H2,1-2H3. The molecule has 0 aliphatic carbocycles. The van der Waals surface area contributed by atoms with E-state index in [0.717, 1.165) is 0 Å². The maximum Gasteiger partial charge on any atom is 0.288 e. The number of rotatable bonds is 1. The normalized spacial score (nSPS) is 10.4. The van der Waals surface area contributed by atoms with Crippen LogP contribution < -0.4 is 0 Å². The highest BCUT2D eigenvalue weighted by molar-refractivity contribution is 7.23. The molecule has 0 aliphatic rings. The van der Waals surface area contributed by atoms with Gasteiger partial charge in [-0.3, -0.25) is 4.79 Å². The maximum atomic E-state index is 9.62. The Bertz CT molecular complexity index is 64.8. The Morgan fingerprint density at radius 3 is 1.89 bits per heavy atom. The van der Waals surface area contributed by atoms with Gasteiger partial charge in [-0.2, -0.15) is 0 Å². The van der Waals surface area contributed by atoms with E-state index >= 15 is 0 Å². The van der Waals surface area contributed by atoms with E-state index in [1.54, 1.807) is 9.76 Å². The van der Waals surface area contributed by atoms with Crippen molar-refractivity contribution in [3.8, 4) is 0 Å². The Balaban J connectivity index is 0. The fourth-order valence-electron chi connectivity index (χ4n) is 0. The zero-order valence-electron chi connectivity index (χ0n) is 6.73. The van der Waals surface area contributed by atoms with Gasteiger partial charge in [-0.05, 0) is 18.3 Å². The number of carbonyl (C=O) groups excluding carboxylic acids is 1. The van der Waals surface area contributed by atoms with Gasteiger partial charge in [-0.15, -0.1) is 0 Å². The molecule has 0 atom stereocenters. The van der Waals surface area contributed by atoms with E-state index in [9.17, 15) is 4.79 Å². The third kappa shape index (κ3) is 30.1. The summed E-state index contributed by atoms with van der Waals surface area (Å²) >= 11 is 0. The molecule has 0 heterocycles. The zero-order valence-corrected chi connectivity index (χ0v) is 13.6. The number of carbonyl (C=O) groups is 1. The van der Waals surface area contributed by atoms with Crippen LogP contribution in [-0.2, 0) is 9.22 Å². The number of hydrogen-bond donors (Lipinski definition) is 0. The van der Waals surface area contributed by atoms with E-state index < -0.39 is 0 Å². The highest BCUT2D eigenvalue weighted by Crippen LogP contribution is 1.58. The second-order valence-corrected chi connectivity index (χ2v) is 19.1. The van der Waals surface area contributed by atoms with Crippen LogP contribution >= 0.6 is 0 Å². The molecule has 56 valence electrons. The van der Waals surface area contributed by atoms with Crippen molar-refractivity contribution in [2.45, 2.75) is 13.5 Å². The first kappa shape index (κ1) is 12.1. The molecule has 0 rings (SSSR count). The van der Waals surface area contributed by atoms with E-state index in [1.165, 1.54) is 6.92 Å². The first-order valence-corrected chi connectivity index (χ1v) is 15.1. The van der Waals surface area contributed by atoms with Crippen molar-refractivity contribution in [1.82, 2.24) is 0 Å². The first-order valence-electron chi connectivity index (χ1n) is 3.23. The van der Waals surface area contributed by atoms with Gasteiger partial charge >= 0.3 is 0 Å². The van der Waals surface area contributed by atoms with E-state index in [0.29, 0.717) is 28.1 Å². The molecule has 0 fully saturated rings. The predicted octanol–water partition coefficient (Wildman–Crippen LogP) is -3.60. The average Bonchev–Trinajstić information content (AvgIpc) is 1.89. The van der Waals surface area contributed by atoms with Crippen LogP contribution in [0.3, 0.4) is 0 Å². The van der Waals surface area contributed by atoms with E-state index in [2.05, 4.69) is 11.0 Å². The maximum absolute atomic E-state index is 9.62. The molecular weight excluding hydrogens is 180 g/mol. The summed E-state index contributed by atoms with van der Waals surface area (Å²) < 4.78 is 4.25. The van der Waals surface area contributed by atoms with Crippen LogP contribution in [-0.4, -0.2) is 43.8 Å². The highest BCUT2D eigenvalue weighted by atomic mass is 29.5. The Hall–Kier alpha value is 0.338. The largest absolute Gasteiger partial charge is 0.529 e. The second-order valence-electron chi connectivity index (χ2n) is 1.70. The molecule has 0 unspecified atom stereocenters. The smallest absolute Gasteiger partial charge is 0.288 e. The minimum absolute atomic E-state index is 0.184. The van der Waals surface area contributed by atoms with Crippen LogP contribution in [0.5, 0.6) is 0 Å². The Morgan fingerprint density at radius 2 is 1.89 bits per heavy atom. The molecule has 0 spiro atoms. The van der Waals surface area contributed by atoms with E-state index in [4.69, 9.17) is 0 Å². The molecule has 0 amide bonds. The van der Waals surface area contributed by atoms with Crippen molar-refractivity contribution in [2.24, 2.45) is 0 Å². The van der Waals surface area contributed by atoms with Crippen LogP contribution in [0.25, 0.3) is 0 Å². The van der Waals surface area contributed by atoms with Gasteiger partial charge in [0.05, 0.1) is 0 Å². The molecule has 0 aromatic heterocycles. The summed E-state index contributed by atoms with van der Waals surface area (Å²) in [5.41, 5.74) is 0. The summed E-state index contributed by atoms with van der Waals surface area (Å²) in [5.74, 6) is -0.184. The van der Waals surface area contributed by atoms with Gasteiger partial charge in [0.25, 0.3) is 5.97 Å². The van der Waals surface area contributed by atoms with Gasteiger partial charge in [0.2, 0.25) is 10.5 Å². The van der Waals surface area contributed by atoms with Gasteiger partial charge in [0.15, 0.2) is 0 Å². The highest BCUT2D eigenvalue weighted by Gasteiger charge is 1.74. The Kier molecular flexibility index (Phi) is 15.0. The van der Waals surface area contributed by atoms with Crippen LogP contribution in [0, 0.1) is 0 Å². The monoisotopic (exact) mass is 196 g/mol. The average molecular weight is 197 g/mol. The Morgan fingerprint density at radius 1 is 1.67 bits per heavy atom. The van der Waals surface area contributed by atoms with Crippen molar-refractivity contribution in [3.05, 3.63) is 0 Å². The van der Waals surface area contributed by atoms with Gasteiger partial charge in [-0.25, -0.2) is 0 Å². The van der Waals surface area contributed by atoms with Crippen LogP contribution in [0.2, 0.25) is 6.55 Å². The first-order chi connectivity index (χ1) is 4.18. The molecule has 0 bridgehead atoms. The quantitative estimate of drug-likeness (QED) is 0.405. The van der Waals surface area contributed by atoms with Crippen molar-refractivity contribution in [2.75, 3.05) is 0 Å². The van der Waals surface area contributed by atoms with Crippen LogP contribution in [0.15, 0.2) is 0 Å². The topological polar surface area (TPSA) is 26.3 Å². The fourth-order valence-corrected chi connectivity index (χ4v) is 0. The van der Waals surface area contributed by atoms with Gasteiger partial charge in [0, 0.05) is 16.0 Å². The van der Waals surface area contributed by atoms with Crippen LogP contribution in [0.1, 0.15) is 6.92 Å². The molecule has 6 heteroatoms. The number of hydrogen-bond acceptors (Lipinski definition) is 2. The lowest BCUT2D eigenvalue weighted by Crippen LogP contribution is -1.94. The molecule has 0 aromatic carbocycles. The third-order valence-electron chi connectivity index (χ3n) is 0.787. The summed E-state index contributed by atoms with van der Waals surface area (Å²) in [6.45, 7) is 3.81.